The highest BCUT2D eigenvalue weighted by atomic mass is 32.1. The van der Waals surface area contributed by atoms with Gasteiger partial charge in [-0.3, -0.25) is 4.79 Å². The third kappa shape index (κ3) is 2.68. The lowest BCUT2D eigenvalue weighted by Gasteiger charge is -2.61. The zero-order valence-electron chi connectivity index (χ0n) is 17.7. The number of likely N-dealkylation sites (tertiary alicyclic amines) is 1. The molecule has 0 unspecified atom stereocenters. The van der Waals surface area contributed by atoms with E-state index in [-0.39, 0.29) is 0 Å². The van der Waals surface area contributed by atoms with Crippen molar-refractivity contribution in [3.63, 3.8) is 0 Å². The highest BCUT2D eigenvalue weighted by molar-refractivity contribution is 7.08. The number of carbonyl (C=O) groups is 1. The Morgan fingerprint density at radius 1 is 1.07 bits per heavy atom. The zero-order chi connectivity index (χ0) is 19.5. The Morgan fingerprint density at radius 3 is 2.68 bits per heavy atom. The van der Waals surface area contributed by atoms with Crippen LogP contribution in [0.3, 0.4) is 0 Å². The van der Waals surface area contributed by atoms with Crippen LogP contribution in [-0.2, 0) is 4.79 Å². The summed E-state index contributed by atoms with van der Waals surface area (Å²) in [7, 11) is 2.07. The van der Waals surface area contributed by atoms with E-state index in [1.54, 1.807) is 11.3 Å². The minimum atomic E-state index is 0.345. The van der Waals surface area contributed by atoms with Crippen molar-refractivity contribution in [1.82, 2.24) is 4.90 Å². The van der Waals surface area contributed by atoms with E-state index in [4.69, 9.17) is 0 Å². The van der Waals surface area contributed by atoms with Crippen LogP contribution >= 0.6 is 11.3 Å². The minimum Gasteiger partial charge on any atom is -0.342 e. The molecule has 2 heterocycles. The second kappa shape index (κ2) is 6.72. The molecule has 5 rings (SSSR count). The van der Waals surface area contributed by atoms with Gasteiger partial charge in [0.1, 0.15) is 0 Å². The number of carbonyl (C=O) groups excluding carboxylic acids is 1. The number of hydrogen-bond donors (Lipinski definition) is 0. The molecule has 3 saturated carbocycles. The average molecular weight is 398 g/mol. The summed E-state index contributed by atoms with van der Waals surface area (Å²) >= 11 is 1.79. The molecule has 1 aliphatic heterocycles. The molecule has 4 aliphatic rings. The maximum absolute atomic E-state index is 12.3. The van der Waals surface area contributed by atoms with E-state index in [0.717, 1.165) is 36.5 Å². The molecule has 1 aromatic rings. The molecule has 0 radical (unpaired) electrons. The molecule has 152 valence electrons. The van der Waals surface area contributed by atoms with Crippen LogP contribution in [0.25, 0.3) is 6.08 Å². The Bertz CT molecular complexity index is 770. The van der Waals surface area contributed by atoms with Crippen molar-refractivity contribution >= 4 is 23.3 Å². The second-order valence-electron chi connectivity index (χ2n) is 10.6. The fourth-order valence-corrected chi connectivity index (χ4v) is 8.73. The first-order chi connectivity index (χ1) is 13.4. The van der Waals surface area contributed by atoms with Crippen LogP contribution in [0, 0.1) is 34.5 Å². The third-order valence-corrected chi connectivity index (χ3v) is 10.4. The normalized spacial score (nSPS) is 45.8. The maximum atomic E-state index is 12.3. The molecule has 1 amide bonds. The minimum absolute atomic E-state index is 0.345. The Balaban J connectivity index is 1.38. The summed E-state index contributed by atoms with van der Waals surface area (Å²) in [6, 6.07) is 2.71. The van der Waals surface area contributed by atoms with E-state index in [1.807, 2.05) is 0 Å². The number of rotatable bonds is 2. The number of nitrogens with zero attached hydrogens (tertiary/aromatic N) is 1. The van der Waals surface area contributed by atoms with Gasteiger partial charge in [-0.05, 0) is 102 Å². The first-order valence-electron chi connectivity index (χ1n) is 11.4. The maximum Gasteiger partial charge on any atom is 0.222 e. The highest BCUT2D eigenvalue weighted by Gasteiger charge is 2.60. The van der Waals surface area contributed by atoms with Crippen LogP contribution in [-0.4, -0.2) is 23.9 Å². The third-order valence-electron chi connectivity index (χ3n) is 9.69. The molecule has 0 N–H and O–H groups in total. The number of allylic oxidation sites excluding steroid dienone is 1. The van der Waals surface area contributed by atoms with Crippen molar-refractivity contribution in [3.8, 4) is 0 Å². The van der Waals surface area contributed by atoms with Gasteiger partial charge in [-0.25, -0.2) is 0 Å². The molecule has 3 heteroatoms. The lowest BCUT2D eigenvalue weighted by molar-refractivity contribution is -0.157. The van der Waals surface area contributed by atoms with Crippen LogP contribution in [0.4, 0.5) is 0 Å². The fourth-order valence-electron chi connectivity index (χ4n) is 8.10. The predicted octanol–water partition coefficient (Wildman–Crippen LogP) is 6.24. The molecule has 0 aromatic carbocycles. The van der Waals surface area contributed by atoms with Gasteiger partial charge in [-0.2, -0.15) is 11.3 Å². The SMILES string of the molecule is CN1C(=O)CC[C@]2(C)[C@H]3CC[C@]4(C)[C@@H](/C=C/c5ccsc5)CC[C@H]4[C@@H]3CC[C@@H]12. The summed E-state index contributed by atoms with van der Waals surface area (Å²) in [5.41, 5.74) is 2.19. The van der Waals surface area contributed by atoms with Crippen LogP contribution in [0.1, 0.15) is 70.8 Å². The van der Waals surface area contributed by atoms with E-state index in [9.17, 15) is 4.79 Å². The molecule has 0 spiro atoms. The zero-order valence-corrected chi connectivity index (χ0v) is 18.5. The Kier molecular flexibility index (Phi) is 4.54. The predicted molar refractivity (Wildman–Crippen MR) is 117 cm³/mol. The van der Waals surface area contributed by atoms with E-state index < -0.39 is 0 Å². The van der Waals surface area contributed by atoms with Gasteiger partial charge in [0, 0.05) is 19.5 Å². The van der Waals surface area contributed by atoms with Gasteiger partial charge in [-0.1, -0.05) is 26.0 Å². The number of fused-ring (bicyclic) bond motifs is 5. The lowest BCUT2D eigenvalue weighted by atomic mass is 9.47. The summed E-state index contributed by atoms with van der Waals surface area (Å²) in [6.45, 7) is 5.14. The molecule has 1 aromatic heterocycles. The van der Waals surface area contributed by atoms with Gasteiger partial charge in [0.2, 0.25) is 5.91 Å². The van der Waals surface area contributed by atoms with E-state index >= 15 is 0 Å². The van der Waals surface area contributed by atoms with Crippen LogP contribution in [0.2, 0.25) is 0 Å². The Morgan fingerprint density at radius 2 is 1.89 bits per heavy atom. The van der Waals surface area contributed by atoms with Gasteiger partial charge in [0.05, 0.1) is 0 Å². The number of hydrogen-bond acceptors (Lipinski definition) is 2. The smallest absolute Gasteiger partial charge is 0.222 e. The lowest BCUT2D eigenvalue weighted by Crippen LogP contribution is -2.61. The first kappa shape index (κ1) is 18.9. The summed E-state index contributed by atoms with van der Waals surface area (Å²) in [5, 5.41) is 4.43. The Labute approximate surface area is 174 Å². The van der Waals surface area contributed by atoms with Crippen molar-refractivity contribution < 1.29 is 4.79 Å². The standard InChI is InChI=1S/C25H35NOS/c1-24-13-10-21-19(7-9-22-25(21,2)14-11-23(27)26(22)3)20(24)8-6-18(24)5-4-17-12-15-28-16-17/h4-5,12,15-16,18-22H,6-11,13-14H2,1-3H3/b5-4+/t18-,19-,20-,21-,22+,24+,25+/m0/s1. The van der Waals surface area contributed by atoms with Gasteiger partial charge in [0.15, 0.2) is 0 Å². The van der Waals surface area contributed by atoms with E-state index in [1.165, 1.54) is 44.1 Å². The summed E-state index contributed by atoms with van der Waals surface area (Å²) in [5.74, 6) is 3.69. The molecule has 2 nitrogen and oxygen atoms in total. The number of thiophene rings is 1. The van der Waals surface area contributed by atoms with E-state index in [2.05, 4.69) is 54.8 Å². The van der Waals surface area contributed by atoms with E-state index in [0.29, 0.717) is 22.8 Å². The van der Waals surface area contributed by atoms with Gasteiger partial charge >= 0.3 is 0 Å². The molecule has 1 saturated heterocycles. The van der Waals surface area contributed by atoms with Gasteiger partial charge < -0.3 is 4.90 Å². The molecule has 7 atom stereocenters. The molecular formula is C25H35NOS. The Hall–Kier alpha value is -1.09. The quantitative estimate of drug-likeness (QED) is 0.578. The number of amides is 1. The van der Waals surface area contributed by atoms with Crippen molar-refractivity contribution in [2.75, 3.05) is 7.05 Å². The highest BCUT2D eigenvalue weighted by Crippen LogP contribution is 2.66. The molecule has 28 heavy (non-hydrogen) atoms. The van der Waals surface area contributed by atoms with Crippen LogP contribution in [0.5, 0.6) is 0 Å². The summed E-state index contributed by atoms with van der Waals surface area (Å²) in [6.07, 6.45) is 14.9. The molecular weight excluding hydrogens is 362 g/mol. The first-order valence-corrected chi connectivity index (χ1v) is 12.3. The van der Waals surface area contributed by atoms with Crippen molar-refractivity contribution in [1.29, 1.82) is 0 Å². The summed E-state index contributed by atoms with van der Waals surface area (Å²) < 4.78 is 0. The van der Waals surface area contributed by atoms with Gasteiger partial charge in [0.25, 0.3) is 0 Å². The van der Waals surface area contributed by atoms with Crippen molar-refractivity contribution in [2.24, 2.45) is 34.5 Å². The monoisotopic (exact) mass is 397 g/mol. The largest absolute Gasteiger partial charge is 0.342 e. The van der Waals surface area contributed by atoms with Gasteiger partial charge in [-0.15, -0.1) is 0 Å². The molecule has 0 bridgehead atoms. The fraction of sp³-hybridized carbons (Fsp3) is 0.720. The second-order valence-corrected chi connectivity index (χ2v) is 11.4. The average Bonchev–Trinajstić information content (AvgIpc) is 3.30. The molecule has 4 fully saturated rings. The van der Waals surface area contributed by atoms with Crippen LogP contribution < -0.4 is 0 Å². The van der Waals surface area contributed by atoms with Crippen molar-refractivity contribution in [2.45, 2.75) is 71.3 Å². The van der Waals surface area contributed by atoms with Crippen molar-refractivity contribution in [3.05, 3.63) is 28.5 Å². The summed E-state index contributed by atoms with van der Waals surface area (Å²) in [4.78, 5) is 14.4. The molecule has 3 aliphatic carbocycles. The number of piperidine rings is 1. The topological polar surface area (TPSA) is 20.3 Å². The van der Waals surface area contributed by atoms with Crippen LogP contribution in [0.15, 0.2) is 22.9 Å².